The van der Waals surface area contributed by atoms with Crippen LogP contribution in [0.2, 0.25) is 0 Å². The first-order valence-corrected chi connectivity index (χ1v) is 7.72. The second-order valence-corrected chi connectivity index (χ2v) is 6.91. The summed E-state index contributed by atoms with van der Waals surface area (Å²) in [7, 11) is -1.25. The molecule has 1 aliphatic carbocycles. The van der Waals surface area contributed by atoms with Crippen LogP contribution >= 0.6 is 0 Å². The molecule has 7 heteroatoms. The zero-order valence-corrected chi connectivity index (χ0v) is 11.2. The quantitative estimate of drug-likeness (QED) is 0.841. The van der Waals surface area contributed by atoms with E-state index in [1.807, 2.05) is 11.7 Å². The molecule has 1 saturated carbocycles. The first kappa shape index (κ1) is 12.1. The summed E-state index contributed by atoms with van der Waals surface area (Å²) in [5, 5.41) is 4.20. The molecule has 3 rings (SSSR count). The van der Waals surface area contributed by atoms with Crippen molar-refractivity contribution in [3.05, 3.63) is 17.0 Å². The minimum absolute atomic E-state index is 0.187. The number of sulfonamides is 1. The smallest absolute Gasteiger partial charge is 0.214 e. The van der Waals surface area contributed by atoms with Gasteiger partial charge in [0.05, 0.1) is 30.7 Å². The lowest BCUT2D eigenvalue weighted by Crippen LogP contribution is -2.27. The number of nitrogens with zero attached hydrogens (tertiary/aromatic N) is 2. The van der Waals surface area contributed by atoms with Crippen molar-refractivity contribution in [2.24, 2.45) is 7.05 Å². The van der Waals surface area contributed by atoms with Crippen LogP contribution in [0.15, 0.2) is 0 Å². The Hall–Kier alpha value is -0.920. The van der Waals surface area contributed by atoms with Crippen molar-refractivity contribution in [3.8, 4) is 0 Å². The fourth-order valence-corrected chi connectivity index (χ4v) is 3.62. The Bertz CT molecular complexity index is 560. The summed E-state index contributed by atoms with van der Waals surface area (Å²) in [5.74, 6) is 0. The first-order valence-electron chi connectivity index (χ1n) is 6.18. The van der Waals surface area contributed by atoms with Gasteiger partial charge in [-0.15, -0.1) is 0 Å². The van der Waals surface area contributed by atoms with E-state index < -0.39 is 10.0 Å². The van der Waals surface area contributed by atoms with E-state index >= 15 is 0 Å². The Kier molecular flexibility index (Phi) is 2.91. The fraction of sp³-hybridized carbons (Fsp3) is 0.727. The molecule has 0 saturated heterocycles. The Morgan fingerprint density at radius 2 is 2.28 bits per heavy atom. The largest absolute Gasteiger partial charge is 0.376 e. The molecule has 1 fully saturated rings. The molecule has 1 aromatic rings. The van der Waals surface area contributed by atoms with E-state index in [2.05, 4.69) is 9.82 Å². The Morgan fingerprint density at radius 3 is 3.00 bits per heavy atom. The van der Waals surface area contributed by atoms with Gasteiger partial charge < -0.3 is 4.74 Å². The molecule has 0 amide bonds. The number of ether oxygens (including phenoxy) is 1. The molecule has 0 bridgehead atoms. The summed E-state index contributed by atoms with van der Waals surface area (Å²) in [5.41, 5.74) is 2.99. The third-order valence-corrected chi connectivity index (χ3v) is 5.39. The molecule has 1 N–H and O–H groups in total. The number of aryl methyl sites for hydroxylation is 1. The SMILES string of the molecule is Cn1nc(CNS(=O)(=O)C2CC2)c2c1CCOC2. The molecule has 0 radical (unpaired) electrons. The van der Waals surface area contributed by atoms with Gasteiger partial charge in [-0.25, -0.2) is 13.1 Å². The van der Waals surface area contributed by atoms with Crippen molar-refractivity contribution in [1.29, 1.82) is 0 Å². The van der Waals surface area contributed by atoms with Gasteiger partial charge in [-0.05, 0) is 12.8 Å². The van der Waals surface area contributed by atoms with E-state index in [1.165, 1.54) is 0 Å². The molecule has 2 aliphatic rings. The second-order valence-electron chi connectivity index (χ2n) is 4.86. The molecule has 1 aromatic heterocycles. The van der Waals surface area contributed by atoms with E-state index in [4.69, 9.17) is 4.74 Å². The molecular weight excluding hydrogens is 254 g/mol. The van der Waals surface area contributed by atoms with Gasteiger partial charge in [-0.3, -0.25) is 4.68 Å². The molecule has 100 valence electrons. The van der Waals surface area contributed by atoms with Crippen LogP contribution in [0, 0.1) is 0 Å². The molecule has 0 unspecified atom stereocenters. The number of rotatable bonds is 4. The van der Waals surface area contributed by atoms with Gasteiger partial charge in [-0.2, -0.15) is 5.10 Å². The van der Waals surface area contributed by atoms with Gasteiger partial charge in [0.25, 0.3) is 0 Å². The summed E-state index contributed by atoms with van der Waals surface area (Å²) < 4.78 is 33.4. The zero-order valence-electron chi connectivity index (χ0n) is 10.3. The van der Waals surface area contributed by atoms with Crippen molar-refractivity contribution in [2.45, 2.75) is 37.7 Å². The molecule has 0 aromatic carbocycles. The number of nitrogens with one attached hydrogen (secondary N) is 1. The monoisotopic (exact) mass is 271 g/mol. The van der Waals surface area contributed by atoms with Crippen LogP contribution in [-0.4, -0.2) is 30.1 Å². The highest BCUT2D eigenvalue weighted by Gasteiger charge is 2.35. The van der Waals surface area contributed by atoms with Crippen molar-refractivity contribution in [1.82, 2.24) is 14.5 Å². The van der Waals surface area contributed by atoms with E-state index in [9.17, 15) is 8.42 Å². The van der Waals surface area contributed by atoms with Crippen LogP contribution in [0.3, 0.4) is 0 Å². The summed E-state index contributed by atoms with van der Waals surface area (Å²) in [6.45, 7) is 1.51. The first-order chi connectivity index (χ1) is 8.58. The average Bonchev–Trinajstić information content (AvgIpc) is 3.15. The van der Waals surface area contributed by atoms with Crippen molar-refractivity contribution in [3.63, 3.8) is 0 Å². The van der Waals surface area contributed by atoms with Gasteiger partial charge in [0.15, 0.2) is 0 Å². The molecule has 18 heavy (non-hydrogen) atoms. The molecule has 2 heterocycles. The topological polar surface area (TPSA) is 73.2 Å². The fourth-order valence-electron chi connectivity index (χ4n) is 2.29. The lowest BCUT2D eigenvalue weighted by molar-refractivity contribution is 0.108. The van der Waals surface area contributed by atoms with Crippen molar-refractivity contribution in [2.75, 3.05) is 6.61 Å². The predicted molar refractivity (Wildman–Crippen MR) is 65.3 cm³/mol. The number of hydrogen-bond donors (Lipinski definition) is 1. The maximum Gasteiger partial charge on any atom is 0.214 e. The second kappa shape index (κ2) is 4.32. The highest BCUT2D eigenvalue weighted by molar-refractivity contribution is 7.90. The molecule has 1 aliphatic heterocycles. The molecule has 6 nitrogen and oxygen atoms in total. The Labute approximate surface area is 106 Å². The van der Waals surface area contributed by atoms with E-state index in [1.54, 1.807) is 0 Å². The molecule has 0 atom stereocenters. The highest BCUT2D eigenvalue weighted by atomic mass is 32.2. The van der Waals surface area contributed by atoms with Gasteiger partial charge in [0.1, 0.15) is 0 Å². The molecule has 0 spiro atoms. The van der Waals surface area contributed by atoms with Crippen molar-refractivity contribution < 1.29 is 13.2 Å². The van der Waals surface area contributed by atoms with Crippen LogP contribution in [0.1, 0.15) is 29.8 Å². The lowest BCUT2D eigenvalue weighted by atomic mass is 10.1. The van der Waals surface area contributed by atoms with Gasteiger partial charge >= 0.3 is 0 Å². The third-order valence-electron chi connectivity index (χ3n) is 3.49. The summed E-state index contributed by atoms with van der Waals surface area (Å²) in [6.07, 6.45) is 2.39. The molecular formula is C11H17N3O3S. The summed E-state index contributed by atoms with van der Waals surface area (Å²) in [6, 6.07) is 0. The number of aromatic nitrogens is 2. The van der Waals surface area contributed by atoms with Crippen LogP contribution in [0.4, 0.5) is 0 Å². The lowest BCUT2D eigenvalue weighted by Gasteiger charge is -2.13. The van der Waals surface area contributed by atoms with Gasteiger partial charge in [-0.1, -0.05) is 0 Å². The van der Waals surface area contributed by atoms with Crippen molar-refractivity contribution >= 4 is 10.0 Å². The maximum atomic E-state index is 11.8. The van der Waals surface area contributed by atoms with E-state index in [0.29, 0.717) is 13.2 Å². The van der Waals surface area contributed by atoms with Crippen LogP contribution in [0.5, 0.6) is 0 Å². The van der Waals surface area contributed by atoms with Gasteiger partial charge in [0.2, 0.25) is 10.0 Å². The van der Waals surface area contributed by atoms with Crippen LogP contribution in [0.25, 0.3) is 0 Å². The zero-order chi connectivity index (χ0) is 12.8. The summed E-state index contributed by atoms with van der Waals surface area (Å²) >= 11 is 0. The standard InChI is InChI=1S/C11H17N3O3S/c1-14-11-4-5-17-7-9(11)10(13-14)6-12-18(15,16)8-2-3-8/h8,12H,2-7H2,1H3. The minimum atomic E-state index is -3.14. The normalized spacial score (nSPS) is 19.8. The van der Waals surface area contributed by atoms with E-state index in [-0.39, 0.29) is 11.8 Å². The Morgan fingerprint density at radius 1 is 1.50 bits per heavy atom. The third kappa shape index (κ3) is 2.17. The Balaban J connectivity index is 1.77. The number of fused-ring (bicyclic) bond motifs is 1. The average molecular weight is 271 g/mol. The maximum absolute atomic E-state index is 11.8. The van der Waals surface area contributed by atoms with Gasteiger partial charge in [0, 0.05) is 24.7 Å². The summed E-state index contributed by atoms with van der Waals surface area (Å²) in [4.78, 5) is 0. The highest BCUT2D eigenvalue weighted by Crippen LogP contribution is 2.28. The van der Waals surface area contributed by atoms with Crippen LogP contribution in [-0.2, 0) is 41.4 Å². The van der Waals surface area contributed by atoms with E-state index in [0.717, 1.165) is 36.2 Å². The minimum Gasteiger partial charge on any atom is -0.376 e. The predicted octanol–water partition coefficient (Wildman–Crippen LogP) is 0.0746. The van der Waals surface area contributed by atoms with Crippen LogP contribution < -0.4 is 4.72 Å². The number of hydrogen-bond acceptors (Lipinski definition) is 4.